The lowest BCUT2D eigenvalue weighted by Gasteiger charge is -2.37. The predicted octanol–water partition coefficient (Wildman–Crippen LogP) is 4.82. The zero-order valence-electron chi connectivity index (χ0n) is 20.0. The summed E-state index contributed by atoms with van der Waals surface area (Å²) in [4.78, 5) is 5.03. The maximum absolute atomic E-state index is 13.3. The molecule has 0 bridgehead atoms. The van der Waals surface area contributed by atoms with Gasteiger partial charge in [0.1, 0.15) is 0 Å². The summed E-state index contributed by atoms with van der Waals surface area (Å²) in [6.07, 6.45) is 4.12. The van der Waals surface area contributed by atoms with Crippen molar-refractivity contribution in [3.05, 3.63) is 53.5 Å². The number of piperidine rings is 2. The summed E-state index contributed by atoms with van der Waals surface area (Å²) in [5.74, 6) is 0.250. The van der Waals surface area contributed by atoms with Gasteiger partial charge in [-0.25, -0.2) is 21.8 Å². The van der Waals surface area contributed by atoms with Crippen molar-refractivity contribution in [3.8, 4) is 0 Å². The van der Waals surface area contributed by atoms with E-state index in [0.29, 0.717) is 13.1 Å². The molecule has 0 unspecified atom stereocenters. The molecule has 2 aliphatic heterocycles. The van der Waals surface area contributed by atoms with Gasteiger partial charge in [0.2, 0.25) is 20.0 Å². The first kappa shape index (κ1) is 24.8. The summed E-state index contributed by atoms with van der Waals surface area (Å²) in [5.41, 5.74) is 0.992. The quantitative estimate of drug-likeness (QED) is 0.469. The van der Waals surface area contributed by atoms with E-state index in [1.807, 2.05) is 32.0 Å². The van der Waals surface area contributed by atoms with E-state index in [4.69, 9.17) is 4.98 Å². The lowest BCUT2D eigenvalue weighted by molar-refractivity contribution is 0.204. The molecule has 2 aromatic carbocycles. The van der Waals surface area contributed by atoms with Crippen LogP contribution in [-0.2, 0) is 20.0 Å². The molecule has 188 valence electrons. The van der Waals surface area contributed by atoms with Crippen LogP contribution < -0.4 is 0 Å². The molecule has 3 heterocycles. The molecule has 0 N–H and O–H groups in total. The number of para-hydroxylation sites is 1. The van der Waals surface area contributed by atoms with Crippen molar-refractivity contribution in [2.45, 2.75) is 73.7 Å². The first-order valence-electron chi connectivity index (χ1n) is 12.2. The molecule has 35 heavy (non-hydrogen) atoms. The first-order valence-corrected chi connectivity index (χ1v) is 15.9. The number of benzene rings is 2. The molecule has 0 amide bonds. The molecule has 2 aliphatic rings. The van der Waals surface area contributed by atoms with Crippen LogP contribution in [0.25, 0.3) is 10.2 Å². The number of hydrogen-bond donors (Lipinski definition) is 0. The number of thiazole rings is 1. The highest BCUT2D eigenvalue weighted by Crippen LogP contribution is 2.35. The van der Waals surface area contributed by atoms with Gasteiger partial charge in [0.15, 0.2) is 0 Å². The van der Waals surface area contributed by atoms with Gasteiger partial charge in [0.05, 0.1) is 25.0 Å². The fourth-order valence-corrected chi connectivity index (χ4v) is 9.82. The molecule has 0 radical (unpaired) electrons. The number of hydrogen-bond acceptors (Lipinski definition) is 6. The predicted molar refractivity (Wildman–Crippen MR) is 139 cm³/mol. The first-order chi connectivity index (χ1) is 16.7. The fraction of sp³-hybridized carbons (Fsp3) is 0.480. The van der Waals surface area contributed by atoms with Crippen molar-refractivity contribution in [2.75, 3.05) is 13.1 Å². The van der Waals surface area contributed by atoms with Crippen molar-refractivity contribution in [1.82, 2.24) is 13.6 Å². The average Bonchev–Trinajstić information content (AvgIpc) is 3.28. The van der Waals surface area contributed by atoms with Gasteiger partial charge in [-0.3, -0.25) is 0 Å². The molecule has 3 aromatic rings. The van der Waals surface area contributed by atoms with Crippen molar-refractivity contribution in [2.24, 2.45) is 0 Å². The van der Waals surface area contributed by atoms with Crippen molar-refractivity contribution in [3.63, 3.8) is 0 Å². The molecule has 2 fully saturated rings. The van der Waals surface area contributed by atoms with E-state index in [1.54, 1.807) is 15.6 Å². The Kier molecular flexibility index (Phi) is 6.78. The monoisotopic (exact) mass is 533 g/mol. The molecule has 0 spiro atoms. The van der Waals surface area contributed by atoms with E-state index in [-0.39, 0.29) is 27.8 Å². The normalized spacial score (nSPS) is 23.6. The summed E-state index contributed by atoms with van der Waals surface area (Å²) in [7, 11) is -7.37. The Morgan fingerprint density at radius 3 is 1.97 bits per heavy atom. The largest absolute Gasteiger partial charge is 0.243 e. The number of fused-ring (bicyclic) bond motifs is 1. The SMILES string of the molecule is C[C@H]1CCC[C@H](C)N1S(=O)(=O)c1ccc(S(=O)(=O)N2CCC(c3nc4ccccc4s3)CC2)cc1. The van der Waals surface area contributed by atoms with Crippen molar-refractivity contribution in [1.29, 1.82) is 0 Å². The third-order valence-electron chi connectivity index (χ3n) is 7.26. The zero-order chi connectivity index (χ0) is 24.8. The molecule has 7 nitrogen and oxygen atoms in total. The number of nitrogens with zero attached hydrogens (tertiary/aromatic N) is 3. The van der Waals surface area contributed by atoms with E-state index in [2.05, 4.69) is 6.07 Å². The number of rotatable bonds is 5. The van der Waals surface area contributed by atoms with E-state index in [9.17, 15) is 16.8 Å². The Hall–Kier alpha value is -1.85. The van der Waals surface area contributed by atoms with Gasteiger partial charge in [-0.15, -0.1) is 11.3 Å². The maximum Gasteiger partial charge on any atom is 0.243 e. The van der Waals surface area contributed by atoms with Crippen molar-refractivity contribution < 1.29 is 16.8 Å². The highest BCUT2D eigenvalue weighted by atomic mass is 32.2. The molecule has 5 rings (SSSR count). The van der Waals surface area contributed by atoms with Crippen molar-refractivity contribution >= 4 is 41.6 Å². The lowest BCUT2D eigenvalue weighted by atomic mass is 9.99. The Morgan fingerprint density at radius 1 is 0.800 bits per heavy atom. The van der Waals surface area contributed by atoms with E-state index < -0.39 is 20.0 Å². The van der Waals surface area contributed by atoms with E-state index in [0.717, 1.165) is 47.3 Å². The third-order valence-corrected chi connectivity index (χ3v) is 12.5. The Labute approximate surface area is 211 Å². The van der Waals surface area contributed by atoms with Crippen LogP contribution in [0.5, 0.6) is 0 Å². The lowest BCUT2D eigenvalue weighted by Crippen LogP contribution is -2.47. The van der Waals surface area contributed by atoms with Gasteiger partial charge in [-0.05, 0) is 75.9 Å². The van der Waals surface area contributed by atoms with Crippen LogP contribution in [0, 0.1) is 0 Å². The summed E-state index contributed by atoms with van der Waals surface area (Å²) >= 11 is 1.68. The fourth-order valence-electron chi connectivity index (χ4n) is 5.33. The minimum atomic E-state index is -3.69. The van der Waals surface area contributed by atoms with Gasteiger partial charge in [-0.2, -0.15) is 8.61 Å². The van der Waals surface area contributed by atoms with E-state index >= 15 is 0 Å². The van der Waals surface area contributed by atoms with Gasteiger partial charge in [0.25, 0.3) is 0 Å². The highest BCUT2D eigenvalue weighted by Gasteiger charge is 2.36. The standard InChI is InChI=1S/C25H31N3O4S3/c1-18-6-5-7-19(2)28(18)35(31,32)22-12-10-21(11-13-22)34(29,30)27-16-14-20(15-17-27)25-26-23-8-3-4-9-24(23)33-25/h3-4,8-13,18-20H,5-7,14-17H2,1-2H3/t18-,19-/m0/s1. The second-order valence-corrected chi connectivity index (χ2v) is 14.5. The second kappa shape index (κ2) is 9.55. The maximum atomic E-state index is 13.3. The molecule has 0 aliphatic carbocycles. The minimum absolute atomic E-state index is 0.0658. The van der Waals surface area contributed by atoms with Crippen LogP contribution in [0.15, 0.2) is 58.3 Å². The Bertz CT molecular complexity index is 1370. The molecule has 2 atom stereocenters. The molecule has 10 heteroatoms. The van der Waals surface area contributed by atoms with Crippen LogP contribution in [0.1, 0.15) is 56.9 Å². The van der Waals surface area contributed by atoms with Crippen LogP contribution >= 0.6 is 11.3 Å². The third kappa shape index (κ3) is 4.67. The molecule has 0 saturated carbocycles. The van der Waals surface area contributed by atoms with Crippen LogP contribution in [0.3, 0.4) is 0 Å². The Morgan fingerprint density at radius 2 is 1.37 bits per heavy atom. The average molecular weight is 534 g/mol. The molecular formula is C25H31N3O4S3. The number of sulfonamides is 2. The Balaban J connectivity index is 1.29. The van der Waals surface area contributed by atoms with Crippen LogP contribution in [0.4, 0.5) is 0 Å². The second-order valence-electron chi connectivity index (χ2n) is 9.63. The molecular weight excluding hydrogens is 502 g/mol. The van der Waals surface area contributed by atoms with Gasteiger partial charge >= 0.3 is 0 Å². The minimum Gasteiger partial charge on any atom is -0.241 e. The van der Waals surface area contributed by atoms with Gasteiger partial charge in [0, 0.05) is 31.1 Å². The summed E-state index contributed by atoms with van der Waals surface area (Å²) in [5, 5.41) is 1.07. The zero-order valence-corrected chi connectivity index (χ0v) is 22.4. The van der Waals surface area contributed by atoms with Crippen LogP contribution in [-0.4, -0.2) is 55.6 Å². The van der Waals surface area contributed by atoms with Gasteiger partial charge in [-0.1, -0.05) is 18.6 Å². The summed E-state index contributed by atoms with van der Waals surface area (Å²) < 4.78 is 57.4. The summed E-state index contributed by atoms with van der Waals surface area (Å²) in [6, 6.07) is 13.6. The van der Waals surface area contributed by atoms with E-state index in [1.165, 1.54) is 28.6 Å². The van der Waals surface area contributed by atoms with Crippen LogP contribution in [0.2, 0.25) is 0 Å². The highest BCUT2D eigenvalue weighted by molar-refractivity contribution is 7.89. The molecule has 1 aromatic heterocycles. The topological polar surface area (TPSA) is 87.7 Å². The molecule has 2 saturated heterocycles. The smallest absolute Gasteiger partial charge is 0.241 e. The van der Waals surface area contributed by atoms with Gasteiger partial charge < -0.3 is 0 Å². The number of aromatic nitrogens is 1. The summed E-state index contributed by atoms with van der Waals surface area (Å²) in [6.45, 7) is 4.71.